The van der Waals surface area contributed by atoms with Gasteiger partial charge in [0.2, 0.25) is 15.9 Å². The zero-order valence-electron chi connectivity index (χ0n) is 21.5. The second-order valence-corrected chi connectivity index (χ2v) is 13.1. The number of ether oxygens (including phenoxy) is 1. The van der Waals surface area contributed by atoms with E-state index in [9.17, 15) is 31.2 Å². The fourth-order valence-electron chi connectivity index (χ4n) is 5.03. The van der Waals surface area contributed by atoms with Crippen LogP contribution in [0.25, 0.3) is 0 Å². The minimum atomic E-state index is -4.65. The van der Waals surface area contributed by atoms with Crippen LogP contribution in [-0.4, -0.2) is 77.4 Å². The van der Waals surface area contributed by atoms with E-state index in [1.807, 2.05) is 0 Å². The molecule has 1 saturated carbocycles. The number of carbonyl (C=O) groups is 2. The molecule has 2 aliphatic heterocycles. The summed E-state index contributed by atoms with van der Waals surface area (Å²) in [6.45, 7) is 7.99. The predicted octanol–water partition coefficient (Wildman–Crippen LogP) is 4.25. The van der Waals surface area contributed by atoms with Crippen molar-refractivity contribution in [2.24, 2.45) is 0 Å². The first-order chi connectivity index (χ1) is 17.0. The number of likely N-dealkylation sites (tertiary alicyclic amines) is 2. The average molecular weight is 546 g/mol. The minimum Gasteiger partial charge on any atom is -0.444 e. The summed E-state index contributed by atoms with van der Waals surface area (Å²) in [5.41, 5.74) is -2.71. The Kier molecular flexibility index (Phi) is 7.07. The van der Waals surface area contributed by atoms with E-state index < -0.39 is 45.0 Å². The molecule has 8 nitrogen and oxygen atoms in total. The van der Waals surface area contributed by atoms with Gasteiger partial charge in [-0.2, -0.15) is 17.5 Å². The molecular weight excluding hydrogens is 511 g/mol. The van der Waals surface area contributed by atoms with Gasteiger partial charge >= 0.3 is 12.3 Å². The maximum absolute atomic E-state index is 13.5. The molecule has 0 bridgehead atoms. The molecule has 1 aromatic carbocycles. The molecule has 3 aliphatic rings. The van der Waals surface area contributed by atoms with Crippen molar-refractivity contribution >= 4 is 22.0 Å². The van der Waals surface area contributed by atoms with Crippen LogP contribution in [0.1, 0.15) is 65.4 Å². The zero-order chi connectivity index (χ0) is 27.4. The first-order valence-electron chi connectivity index (χ1n) is 12.5. The number of amides is 2. The van der Waals surface area contributed by atoms with Gasteiger partial charge in [-0.15, -0.1) is 0 Å². The molecule has 12 heteroatoms. The molecule has 0 N–H and O–H groups in total. The van der Waals surface area contributed by atoms with Gasteiger partial charge in [-0.1, -0.05) is 6.07 Å². The van der Waals surface area contributed by atoms with Crippen molar-refractivity contribution in [3.05, 3.63) is 29.8 Å². The lowest BCUT2D eigenvalue weighted by Crippen LogP contribution is -2.69. The molecule has 0 aromatic heterocycles. The highest BCUT2D eigenvalue weighted by Gasteiger charge is 2.53. The Hall–Kier alpha value is -2.34. The van der Waals surface area contributed by atoms with E-state index in [1.165, 1.54) is 15.3 Å². The maximum atomic E-state index is 13.5. The molecular formula is C25H34F3N3O5S. The average Bonchev–Trinajstić information content (AvgIpc) is 3.61. The van der Waals surface area contributed by atoms with Gasteiger partial charge < -0.3 is 9.64 Å². The van der Waals surface area contributed by atoms with Crippen molar-refractivity contribution in [2.75, 3.05) is 19.6 Å². The molecule has 2 saturated heterocycles. The van der Waals surface area contributed by atoms with E-state index in [2.05, 4.69) is 0 Å². The van der Waals surface area contributed by atoms with Gasteiger partial charge in [0.05, 0.1) is 10.5 Å². The third kappa shape index (κ3) is 5.59. The van der Waals surface area contributed by atoms with Crippen molar-refractivity contribution in [1.29, 1.82) is 0 Å². The Balaban J connectivity index is 1.45. The van der Waals surface area contributed by atoms with E-state index >= 15 is 0 Å². The van der Waals surface area contributed by atoms with Gasteiger partial charge in [0.25, 0.3) is 0 Å². The first-order valence-corrected chi connectivity index (χ1v) is 14.0. The van der Waals surface area contributed by atoms with E-state index in [-0.39, 0.29) is 16.8 Å². The van der Waals surface area contributed by atoms with Crippen LogP contribution in [0.2, 0.25) is 0 Å². The lowest BCUT2D eigenvalue weighted by atomic mass is 9.85. The summed E-state index contributed by atoms with van der Waals surface area (Å²) >= 11 is 0. The lowest BCUT2D eigenvalue weighted by Gasteiger charge is -2.51. The van der Waals surface area contributed by atoms with Crippen molar-refractivity contribution in [2.45, 2.75) is 94.1 Å². The molecule has 2 heterocycles. The largest absolute Gasteiger partial charge is 0.444 e. The minimum absolute atomic E-state index is 0.207. The summed E-state index contributed by atoms with van der Waals surface area (Å²) in [6, 6.07) is 3.17. The third-order valence-corrected chi connectivity index (χ3v) is 9.25. The van der Waals surface area contributed by atoms with Crippen LogP contribution in [0.5, 0.6) is 0 Å². The normalized spacial score (nSPS) is 23.7. The topological polar surface area (TPSA) is 87.2 Å². The van der Waals surface area contributed by atoms with Crippen LogP contribution >= 0.6 is 0 Å². The fourth-order valence-corrected chi connectivity index (χ4v) is 7.01. The molecule has 0 radical (unpaired) electrons. The third-order valence-electron chi connectivity index (χ3n) is 7.25. The van der Waals surface area contributed by atoms with Crippen LogP contribution in [0, 0.1) is 0 Å². The number of benzene rings is 1. The van der Waals surface area contributed by atoms with Crippen LogP contribution in [-0.2, 0) is 25.7 Å². The standard InChI is InChI=1S/C25H34F3N3O5S/c1-23(2,3)36-22(33)30-15-12-24(30,4)21(32)29-13-10-19(11-14-29)31(18-8-9-18)37(34,35)20-7-5-6-17(16-20)25(26,27)28/h5-7,16,18-19H,8-15H2,1-4H3. The number of hydrogen-bond donors (Lipinski definition) is 0. The quantitative estimate of drug-likeness (QED) is 0.552. The summed E-state index contributed by atoms with van der Waals surface area (Å²) in [5.74, 6) is -0.207. The van der Waals surface area contributed by atoms with Crippen molar-refractivity contribution in [3.8, 4) is 0 Å². The molecule has 206 valence electrons. The highest BCUT2D eigenvalue weighted by Crippen LogP contribution is 2.39. The van der Waals surface area contributed by atoms with Gasteiger partial charge in [0.1, 0.15) is 11.1 Å². The zero-order valence-corrected chi connectivity index (χ0v) is 22.4. The van der Waals surface area contributed by atoms with Gasteiger partial charge in [0.15, 0.2) is 0 Å². The van der Waals surface area contributed by atoms with Crippen LogP contribution < -0.4 is 0 Å². The number of halogens is 3. The van der Waals surface area contributed by atoms with Crippen molar-refractivity contribution < 1.29 is 35.9 Å². The van der Waals surface area contributed by atoms with Gasteiger partial charge in [-0.3, -0.25) is 9.69 Å². The molecule has 1 aromatic rings. The SMILES string of the molecule is CC(C)(C)OC(=O)N1CCC1(C)C(=O)N1CCC(N(C2CC2)S(=O)(=O)c2cccc(C(F)(F)F)c2)CC1. The summed E-state index contributed by atoms with van der Waals surface area (Å²) < 4.78 is 73.4. The second-order valence-electron chi connectivity index (χ2n) is 11.3. The Labute approximate surface area is 215 Å². The summed E-state index contributed by atoms with van der Waals surface area (Å²) in [7, 11) is -4.16. The number of piperidine rings is 1. The summed E-state index contributed by atoms with van der Waals surface area (Å²) in [4.78, 5) is 28.7. The number of nitrogens with zero attached hydrogens (tertiary/aromatic N) is 3. The summed E-state index contributed by atoms with van der Waals surface area (Å²) in [5, 5.41) is 0. The molecule has 4 rings (SSSR count). The summed E-state index contributed by atoms with van der Waals surface area (Å²) in [6.07, 6.45) is -2.65. The monoisotopic (exact) mass is 545 g/mol. The van der Waals surface area contributed by atoms with Gasteiger partial charge in [-0.25, -0.2) is 13.2 Å². The number of sulfonamides is 1. The Morgan fingerprint density at radius 2 is 1.62 bits per heavy atom. The van der Waals surface area contributed by atoms with Crippen LogP contribution in [0.15, 0.2) is 29.2 Å². The highest BCUT2D eigenvalue weighted by atomic mass is 32.2. The Morgan fingerprint density at radius 3 is 2.11 bits per heavy atom. The fraction of sp³-hybridized carbons (Fsp3) is 0.680. The van der Waals surface area contributed by atoms with Crippen molar-refractivity contribution in [1.82, 2.24) is 14.1 Å². The number of hydrogen-bond acceptors (Lipinski definition) is 5. The second kappa shape index (κ2) is 9.44. The molecule has 1 aliphatic carbocycles. The Bertz CT molecular complexity index is 1150. The molecule has 1 atom stereocenters. The first kappa shape index (κ1) is 27.7. The smallest absolute Gasteiger partial charge is 0.416 e. The highest BCUT2D eigenvalue weighted by molar-refractivity contribution is 7.89. The number of alkyl halides is 3. The van der Waals surface area contributed by atoms with Crippen LogP contribution in [0.3, 0.4) is 0 Å². The van der Waals surface area contributed by atoms with E-state index in [4.69, 9.17) is 4.74 Å². The Morgan fingerprint density at radius 1 is 1.03 bits per heavy atom. The molecule has 37 heavy (non-hydrogen) atoms. The lowest BCUT2D eigenvalue weighted by molar-refractivity contribution is -0.152. The van der Waals surface area contributed by atoms with Gasteiger partial charge in [0, 0.05) is 31.7 Å². The number of carbonyl (C=O) groups excluding carboxylic acids is 2. The molecule has 2 amide bonds. The predicted molar refractivity (Wildman–Crippen MR) is 129 cm³/mol. The van der Waals surface area contributed by atoms with Crippen LogP contribution in [0.4, 0.5) is 18.0 Å². The molecule has 0 spiro atoms. The maximum Gasteiger partial charge on any atom is 0.416 e. The van der Waals surface area contributed by atoms with E-state index in [0.29, 0.717) is 57.8 Å². The molecule has 3 fully saturated rings. The molecule has 1 unspecified atom stereocenters. The number of rotatable bonds is 5. The van der Waals surface area contributed by atoms with E-state index in [0.717, 1.165) is 12.1 Å². The van der Waals surface area contributed by atoms with E-state index in [1.54, 1.807) is 32.6 Å². The van der Waals surface area contributed by atoms with Crippen molar-refractivity contribution in [3.63, 3.8) is 0 Å². The van der Waals surface area contributed by atoms with Gasteiger partial charge in [-0.05, 0) is 78.0 Å².